The Bertz CT molecular complexity index is 730. The first-order valence-corrected chi connectivity index (χ1v) is 7.17. The summed E-state index contributed by atoms with van der Waals surface area (Å²) < 4.78 is 26.4. The van der Waals surface area contributed by atoms with Crippen molar-refractivity contribution in [2.45, 2.75) is 11.4 Å². The van der Waals surface area contributed by atoms with Gasteiger partial charge in [0.15, 0.2) is 0 Å². The Balaban J connectivity index is 2.28. The number of H-pyrrole nitrogens is 1. The highest BCUT2D eigenvalue weighted by atomic mass is 35.5. The standard InChI is InChI=1S/C10H9ClN4O4S/c11-9-2-1-8(15(16)17)3-10(9)20(18,19)14-5-7-4-12-6-13-7/h1-4,6,14H,5H2,(H,12,13). The van der Waals surface area contributed by atoms with E-state index in [-0.39, 0.29) is 22.2 Å². The van der Waals surface area contributed by atoms with E-state index < -0.39 is 14.9 Å². The van der Waals surface area contributed by atoms with Gasteiger partial charge in [0.05, 0.1) is 22.8 Å². The lowest BCUT2D eigenvalue weighted by Crippen LogP contribution is -2.23. The van der Waals surface area contributed by atoms with Crippen LogP contribution in [0.1, 0.15) is 5.69 Å². The van der Waals surface area contributed by atoms with Crippen LogP contribution in [0.25, 0.3) is 0 Å². The maximum Gasteiger partial charge on any atom is 0.270 e. The highest BCUT2D eigenvalue weighted by Gasteiger charge is 2.21. The van der Waals surface area contributed by atoms with Crippen molar-refractivity contribution in [2.24, 2.45) is 0 Å². The number of halogens is 1. The maximum atomic E-state index is 12.1. The second-order valence-electron chi connectivity index (χ2n) is 3.77. The normalized spacial score (nSPS) is 11.4. The molecule has 0 amide bonds. The maximum absolute atomic E-state index is 12.1. The van der Waals surface area contributed by atoms with Gasteiger partial charge in [0.2, 0.25) is 10.0 Å². The van der Waals surface area contributed by atoms with E-state index in [1.165, 1.54) is 18.6 Å². The SMILES string of the molecule is O=[N+]([O-])c1ccc(Cl)c(S(=O)(=O)NCc2cnc[nH]2)c1. The minimum absolute atomic E-state index is 0.0264. The molecule has 0 saturated heterocycles. The minimum Gasteiger partial charge on any atom is -0.347 e. The molecular formula is C10H9ClN4O4S. The summed E-state index contributed by atoms with van der Waals surface area (Å²) >= 11 is 5.78. The Labute approximate surface area is 119 Å². The average Bonchev–Trinajstić information content (AvgIpc) is 2.89. The number of imidazole rings is 1. The first-order chi connectivity index (χ1) is 9.40. The Morgan fingerprint density at radius 1 is 1.45 bits per heavy atom. The fourth-order valence-electron chi connectivity index (χ4n) is 1.44. The van der Waals surface area contributed by atoms with E-state index >= 15 is 0 Å². The van der Waals surface area contributed by atoms with E-state index in [0.29, 0.717) is 5.69 Å². The number of hydrogen-bond acceptors (Lipinski definition) is 5. The molecule has 0 spiro atoms. The van der Waals surface area contributed by atoms with Gasteiger partial charge < -0.3 is 4.98 Å². The molecule has 1 aromatic heterocycles. The number of nitro benzene ring substituents is 1. The molecule has 0 bridgehead atoms. The summed E-state index contributed by atoms with van der Waals surface area (Å²) in [6.07, 6.45) is 2.86. The largest absolute Gasteiger partial charge is 0.347 e. The quantitative estimate of drug-likeness (QED) is 0.639. The second-order valence-corrected chi connectivity index (χ2v) is 5.92. The monoisotopic (exact) mass is 316 g/mol. The van der Waals surface area contributed by atoms with Crippen molar-refractivity contribution in [1.82, 2.24) is 14.7 Å². The van der Waals surface area contributed by atoms with Crippen LogP contribution in [0.2, 0.25) is 5.02 Å². The van der Waals surface area contributed by atoms with Crippen molar-refractivity contribution >= 4 is 27.3 Å². The zero-order valence-corrected chi connectivity index (χ0v) is 11.5. The van der Waals surface area contributed by atoms with Crippen LogP contribution in [0.4, 0.5) is 5.69 Å². The third-order valence-corrected chi connectivity index (χ3v) is 4.31. The third-order valence-electron chi connectivity index (χ3n) is 2.42. The van der Waals surface area contributed by atoms with Crippen molar-refractivity contribution < 1.29 is 13.3 Å². The molecule has 10 heteroatoms. The summed E-state index contributed by atoms with van der Waals surface area (Å²) in [7, 11) is -3.96. The molecule has 0 aliphatic heterocycles. The molecule has 2 rings (SSSR count). The first kappa shape index (κ1) is 14.4. The summed E-state index contributed by atoms with van der Waals surface area (Å²) in [5.74, 6) is 0. The van der Waals surface area contributed by atoms with E-state index in [9.17, 15) is 18.5 Å². The van der Waals surface area contributed by atoms with Gasteiger partial charge in [0.25, 0.3) is 5.69 Å². The van der Waals surface area contributed by atoms with Gasteiger partial charge >= 0.3 is 0 Å². The number of nitro groups is 1. The van der Waals surface area contributed by atoms with Gasteiger partial charge in [-0.05, 0) is 6.07 Å². The third kappa shape index (κ3) is 3.13. The molecule has 0 fully saturated rings. The second kappa shape index (κ2) is 5.57. The highest BCUT2D eigenvalue weighted by molar-refractivity contribution is 7.89. The number of sulfonamides is 1. The number of non-ortho nitro benzene ring substituents is 1. The molecule has 0 aliphatic carbocycles. The van der Waals surface area contributed by atoms with E-state index in [4.69, 9.17) is 11.6 Å². The van der Waals surface area contributed by atoms with Gasteiger partial charge in [-0.25, -0.2) is 18.1 Å². The minimum atomic E-state index is -3.96. The van der Waals surface area contributed by atoms with Crippen LogP contribution in [0, 0.1) is 10.1 Å². The van der Waals surface area contributed by atoms with Gasteiger partial charge in [-0.3, -0.25) is 10.1 Å². The molecule has 0 aliphatic rings. The molecule has 0 atom stereocenters. The number of aromatic nitrogens is 2. The molecule has 0 saturated carbocycles. The van der Waals surface area contributed by atoms with Crippen LogP contribution < -0.4 is 4.72 Å². The smallest absolute Gasteiger partial charge is 0.270 e. The van der Waals surface area contributed by atoms with E-state index in [1.807, 2.05) is 0 Å². The van der Waals surface area contributed by atoms with Crippen LogP contribution in [0.3, 0.4) is 0 Å². The van der Waals surface area contributed by atoms with Crippen molar-refractivity contribution in [2.75, 3.05) is 0 Å². The molecule has 1 heterocycles. The average molecular weight is 317 g/mol. The van der Waals surface area contributed by atoms with Gasteiger partial charge in [0, 0.05) is 24.0 Å². The van der Waals surface area contributed by atoms with Crippen molar-refractivity contribution in [3.8, 4) is 0 Å². The molecule has 0 radical (unpaired) electrons. The fraction of sp³-hybridized carbons (Fsp3) is 0.100. The topological polar surface area (TPSA) is 118 Å². The lowest BCUT2D eigenvalue weighted by molar-refractivity contribution is -0.385. The van der Waals surface area contributed by atoms with E-state index in [1.54, 1.807) is 0 Å². The number of nitrogens with one attached hydrogen (secondary N) is 2. The van der Waals surface area contributed by atoms with Crippen molar-refractivity contribution in [3.05, 3.63) is 51.6 Å². The summed E-state index contributed by atoms with van der Waals surface area (Å²) in [4.78, 5) is 16.1. The lowest BCUT2D eigenvalue weighted by Gasteiger charge is -2.07. The molecular weight excluding hydrogens is 308 g/mol. The molecule has 8 nitrogen and oxygen atoms in total. The summed E-state index contributed by atoms with van der Waals surface area (Å²) in [6.45, 7) is -0.0264. The fourth-order valence-corrected chi connectivity index (χ4v) is 2.97. The summed E-state index contributed by atoms with van der Waals surface area (Å²) in [6, 6.07) is 3.22. The summed E-state index contributed by atoms with van der Waals surface area (Å²) in [5.41, 5.74) is 0.200. The molecule has 20 heavy (non-hydrogen) atoms. The number of aromatic amines is 1. The zero-order chi connectivity index (χ0) is 14.8. The zero-order valence-electron chi connectivity index (χ0n) is 9.91. The number of nitrogens with zero attached hydrogens (tertiary/aromatic N) is 2. The van der Waals surface area contributed by atoms with Crippen LogP contribution in [-0.4, -0.2) is 23.3 Å². The number of benzene rings is 1. The van der Waals surface area contributed by atoms with Crippen molar-refractivity contribution in [1.29, 1.82) is 0 Å². The lowest BCUT2D eigenvalue weighted by atomic mass is 10.3. The Kier molecular flexibility index (Phi) is 4.02. The summed E-state index contributed by atoms with van der Waals surface area (Å²) in [5, 5.41) is 10.6. The Hall–Kier alpha value is -1.97. The van der Waals surface area contributed by atoms with Gasteiger partial charge in [-0.1, -0.05) is 11.6 Å². The Morgan fingerprint density at radius 3 is 2.80 bits per heavy atom. The first-order valence-electron chi connectivity index (χ1n) is 5.31. The van der Waals surface area contributed by atoms with Gasteiger partial charge in [-0.15, -0.1) is 0 Å². The molecule has 2 aromatic rings. The van der Waals surface area contributed by atoms with Gasteiger partial charge in [0.1, 0.15) is 4.90 Å². The predicted octanol–water partition coefficient (Wildman–Crippen LogP) is 1.45. The Morgan fingerprint density at radius 2 is 2.20 bits per heavy atom. The van der Waals surface area contributed by atoms with Crippen LogP contribution in [0.15, 0.2) is 35.6 Å². The molecule has 2 N–H and O–H groups in total. The van der Waals surface area contributed by atoms with E-state index in [0.717, 1.165) is 12.1 Å². The molecule has 1 aromatic carbocycles. The van der Waals surface area contributed by atoms with Crippen LogP contribution in [0.5, 0.6) is 0 Å². The molecule has 0 unspecified atom stereocenters. The van der Waals surface area contributed by atoms with E-state index in [2.05, 4.69) is 14.7 Å². The van der Waals surface area contributed by atoms with Crippen molar-refractivity contribution in [3.63, 3.8) is 0 Å². The number of rotatable bonds is 5. The molecule has 106 valence electrons. The van der Waals surface area contributed by atoms with Crippen LogP contribution in [-0.2, 0) is 16.6 Å². The van der Waals surface area contributed by atoms with Gasteiger partial charge in [-0.2, -0.15) is 0 Å². The highest BCUT2D eigenvalue weighted by Crippen LogP contribution is 2.26. The number of hydrogen-bond donors (Lipinski definition) is 2. The van der Waals surface area contributed by atoms with Crippen LogP contribution >= 0.6 is 11.6 Å². The predicted molar refractivity (Wildman–Crippen MR) is 70.7 cm³/mol.